The summed E-state index contributed by atoms with van der Waals surface area (Å²) in [6.07, 6.45) is 3.30. The Bertz CT molecular complexity index is 746. The fourth-order valence-electron chi connectivity index (χ4n) is 3.13. The Hall–Kier alpha value is -2.50. The first kappa shape index (κ1) is 17.3. The van der Waals surface area contributed by atoms with Crippen LogP contribution in [0.2, 0.25) is 0 Å². The van der Waals surface area contributed by atoms with Gasteiger partial charge in [0.05, 0.1) is 0 Å². The molecule has 0 aliphatic carbocycles. The van der Waals surface area contributed by atoms with Crippen LogP contribution < -0.4 is 5.32 Å². The first-order valence-corrected chi connectivity index (χ1v) is 8.89. The number of aryl methyl sites for hydroxylation is 2. The molecular weight excluding hydrogens is 320 g/mol. The van der Waals surface area contributed by atoms with Gasteiger partial charge in [-0.1, -0.05) is 13.8 Å². The van der Waals surface area contributed by atoms with Gasteiger partial charge in [0.2, 0.25) is 0 Å². The zero-order valence-electron chi connectivity index (χ0n) is 14.7. The second-order valence-electron chi connectivity index (χ2n) is 6.24. The van der Waals surface area contributed by atoms with Crippen LogP contribution in [0.15, 0.2) is 33.1 Å². The van der Waals surface area contributed by atoms with Crippen LogP contribution in [0, 0.1) is 0 Å². The van der Waals surface area contributed by atoms with Gasteiger partial charge in [-0.15, -0.1) is 0 Å². The maximum atomic E-state index is 12.6. The number of nitrogens with one attached hydrogen (secondary N) is 1. The van der Waals surface area contributed by atoms with E-state index in [4.69, 9.17) is 8.83 Å². The van der Waals surface area contributed by atoms with Gasteiger partial charge >= 0.3 is 0 Å². The first-order valence-electron chi connectivity index (χ1n) is 8.89. The van der Waals surface area contributed by atoms with Crippen LogP contribution in [-0.2, 0) is 12.8 Å². The third-order valence-electron chi connectivity index (χ3n) is 4.59. The molecule has 1 atom stereocenters. The molecule has 25 heavy (non-hydrogen) atoms. The van der Waals surface area contributed by atoms with Crippen molar-refractivity contribution < 1.29 is 18.4 Å². The van der Waals surface area contributed by atoms with E-state index < -0.39 is 0 Å². The van der Waals surface area contributed by atoms with Crippen molar-refractivity contribution in [3.63, 3.8) is 0 Å². The van der Waals surface area contributed by atoms with E-state index in [9.17, 15) is 9.59 Å². The average molecular weight is 344 g/mol. The Balaban J connectivity index is 1.59. The monoisotopic (exact) mass is 344 g/mol. The van der Waals surface area contributed by atoms with Gasteiger partial charge in [0.15, 0.2) is 11.5 Å². The highest BCUT2D eigenvalue weighted by atomic mass is 16.4. The van der Waals surface area contributed by atoms with Crippen LogP contribution in [-0.4, -0.2) is 35.8 Å². The average Bonchev–Trinajstić information content (AvgIpc) is 3.38. The second-order valence-corrected chi connectivity index (χ2v) is 6.24. The summed E-state index contributed by atoms with van der Waals surface area (Å²) in [4.78, 5) is 26.6. The van der Waals surface area contributed by atoms with Crippen LogP contribution in [0.25, 0.3) is 0 Å². The van der Waals surface area contributed by atoms with E-state index in [1.807, 2.05) is 26.0 Å². The number of furan rings is 2. The van der Waals surface area contributed by atoms with Crippen molar-refractivity contribution in [3.05, 3.63) is 47.3 Å². The topological polar surface area (TPSA) is 75.7 Å². The van der Waals surface area contributed by atoms with Gasteiger partial charge in [-0.05, 0) is 37.1 Å². The molecule has 0 radical (unpaired) electrons. The lowest BCUT2D eigenvalue weighted by molar-refractivity contribution is 0.0691. The molecule has 0 unspecified atom stereocenters. The number of amides is 2. The normalized spacial score (nSPS) is 17.0. The number of carbonyl (C=O) groups excluding carboxylic acids is 2. The lowest BCUT2D eigenvalue weighted by Gasteiger charge is -2.23. The second kappa shape index (κ2) is 7.59. The maximum Gasteiger partial charge on any atom is 0.289 e. The summed E-state index contributed by atoms with van der Waals surface area (Å²) in [7, 11) is 0. The number of hydrogen-bond acceptors (Lipinski definition) is 4. The zero-order valence-corrected chi connectivity index (χ0v) is 14.7. The summed E-state index contributed by atoms with van der Waals surface area (Å²) in [6, 6.07) is 7.03. The van der Waals surface area contributed by atoms with Gasteiger partial charge in [-0.25, -0.2) is 0 Å². The molecule has 6 heteroatoms. The molecule has 2 aromatic heterocycles. The fraction of sp³-hybridized carbons (Fsp3) is 0.474. The minimum absolute atomic E-state index is 0.0211. The fourth-order valence-corrected chi connectivity index (χ4v) is 3.13. The number of rotatable bonds is 6. The van der Waals surface area contributed by atoms with E-state index in [2.05, 4.69) is 5.32 Å². The third-order valence-corrected chi connectivity index (χ3v) is 4.59. The van der Waals surface area contributed by atoms with Gasteiger partial charge in [-0.2, -0.15) is 0 Å². The number of likely N-dealkylation sites (tertiary alicyclic amines) is 1. The van der Waals surface area contributed by atoms with Crippen LogP contribution in [0.3, 0.4) is 0 Å². The van der Waals surface area contributed by atoms with E-state index >= 15 is 0 Å². The smallest absolute Gasteiger partial charge is 0.289 e. The minimum Gasteiger partial charge on any atom is -0.456 e. The van der Waals surface area contributed by atoms with Crippen LogP contribution in [0.1, 0.15) is 59.3 Å². The molecule has 1 aliphatic heterocycles. The van der Waals surface area contributed by atoms with E-state index in [0.717, 1.165) is 37.2 Å². The van der Waals surface area contributed by atoms with Crippen molar-refractivity contribution in [2.45, 2.75) is 45.6 Å². The summed E-state index contributed by atoms with van der Waals surface area (Å²) < 4.78 is 11.0. The van der Waals surface area contributed by atoms with Crippen molar-refractivity contribution in [2.24, 2.45) is 0 Å². The largest absolute Gasteiger partial charge is 0.456 e. The van der Waals surface area contributed by atoms with Crippen molar-refractivity contribution in [2.75, 3.05) is 13.1 Å². The van der Waals surface area contributed by atoms with Crippen LogP contribution in [0.5, 0.6) is 0 Å². The van der Waals surface area contributed by atoms with Crippen molar-refractivity contribution >= 4 is 11.8 Å². The van der Waals surface area contributed by atoms with Gasteiger partial charge < -0.3 is 19.1 Å². The zero-order chi connectivity index (χ0) is 17.8. The lowest BCUT2D eigenvalue weighted by atomic mass is 10.2. The van der Waals surface area contributed by atoms with Crippen molar-refractivity contribution in [1.29, 1.82) is 0 Å². The predicted molar refractivity (Wildman–Crippen MR) is 92.6 cm³/mol. The number of hydrogen-bond donors (Lipinski definition) is 1. The van der Waals surface area contributed by atoms with Gasteiger partial charge in [0, 0.05) is 32.0 Å². The molecule has 0 aromatic carbocycles. The standard InChI is InChI=1S/C19H24N2O4/c1-3-14-7-9-16(24-14)18(22)20-12-13-6-5-11-21(13)19(23)17-10-8-15(4-2)25-17/h7-10,13H,3-6,11-12H2,1-2H3,(H,20,22)/t13-/m1/s1. The molecule has 1 saturated heterocycles. The Kier molecular flexibility index (Phi) is 5.26. The van der Waals surface area contributed by atoms with Crippen LogP contribution >= 0.6 is 0 Å². The molecule has 2 aromatic rings. The first-order chi connectivity index (χ1) is 12.1. The highest BCUT2D eigenvalue weighted by Crippen LogP contribution is 2.21. The molecule has 134 valence electrons. The van der Waals surface area contributed by atoms with E-state index in [0.29, 0.717) is 24.6 Å². The van der Waals surface area contributed by atoms with Crippen molar-refractivity contribution in [1.82, 2.24) is 10.2 Å². The van der Waals surface area contributed by atoms with Gasteiger partial charge in [0.25, 0.3) is 11.8 Å². The summed E-state index contributed by atoms with van der Waals surface area (Å²) in [5.41, 5.74) is 0. The third kappa shape index (κ3) is 3.78. The Labute approximate surface area is 147 Å². The maximum absolute atomic E-state index is 12.6. The molecule has 1 fully saturated rings. The summed E-state index contributed by atoms with van der Waals surface area (Å²) in [5.74, 6) is 1.91. The highest BCUT2D eigenvalue weighted by Gasteiger charge is 2.31. The summed E-state index contributed by atoms with van der Waals surface area (Å²) >= 11 is 0. The summed E-state index contributed by atoms with van der Waals surface area (Å²) in [5, 5.41) is 2.87. The Morgan fingerprint density at radius 2 is 1.72 bits per heavy atom. The van der Waals surface area contributed by atoms with E-state index in [1.54, 1.807) is 17.0 Å². The molecule has 0 spiro atoms. The lowest BCUT2D eigenvalue weighted by Crippen LogP contribution is -2.43. The van der Waals surface area contributed by atoms with Gasteiger partial charge in [0.1, 0.15) is 11.5 Å². The molecule has 6 nitrogen and oxygen atoms in total. The van der Waals surface area contributed by atoms with Crippen LogP contribution in [0.4, 0.5) is 0 Å². The SMILES string of the molecule is CCc1ccc(C(=O)NC[C@H]2CCCN2C(=O)c2ccc(CC)o2)o1. The molecule has 1 aliphatic rings. The van der Waals surface area contributed by atoms with E-state index in [1.165, 1.54) is 0 Å². The number of nitrogens with zero attached hydrogens (tertiary/aromatic N) is 1. The van der Waals surface area contributed by atoms with Gasteiger partial charge in [-0.3, -0.25) is 9.59 Å². The Morgan fingerprint density at radius 3 is 2.36 bits per heavy atom. The molecule has 0 bridgehead atoms. The Morgan fingerprint density at radius 1 is 1.08 bits per heavy atom. The quantitative estimate of drug-likeness (QED) is 0.874. The van der Waals surface area contributed by atoms with Crippen molar-refractivity contribution in [3.8, 4) is 0 Å². The summed E-state index contributed by atoms with van der Waals surface area (Å²) in [6.45, 7) is 5.05. The molecular formula is C19H24N2O4. The molecule has 3 heterocycles. The highest BCUT2D eigenvalue weighted by molar-refractivity contribution is 5.93. The number of carbonyl (C=O) groups is 2. The molecule has 1 N–H and O–H groups in total. The van der Waals surface area contributed by atoms with E-state index in [-0.39, 0.29) is 17.9 Å². The minimum atomic E-state index is -0.245. The molecule has 3 rings (SSSR count). The predicted octanol–water partition coefficient (Wildman–Crippen LogP) is 3.03. The molecule has 0 saturated carbocycles. The molecule has 2 amide bonds.